The number of hydrazine groups is 1. The lowest BCUT2D eigenvalue weighted by molar-refractivity contribution is -0.129. The molecule has 1 heterocycles. The molecule has 1 saturated carbocycles. The Morgan fingerprint density at radius 3 is 2.43 bits per heavy atom. The SMILES string of the molecule is Cc1csc(CN(C)C(=O)c2cccc(C(=O)NNC(=O)[C@@]3(NC(=O)OC(C)(C)C)CCC[C@@H]3c3ccccc3)c2)n1. The number of hydrogen-bond acceptors (Lipinski definition) is 7. The average molecular weight is 592 g/mol. The fraction of sp³-hybridized carbons (Fsp3) is 0.387. The Bertz CT molecular complexity index is 1450. The lowest BCUT2D eigenvalue weighted by Crippen LogP contribution is -2.63. The number of nitrogens with one attached hydrogen (secondary N) is 3. The molecule has 1 aliphatic rings. The summed E-state index contributed by atoms with van der Waals surface area (Å²) < 4.78 is 5.49. The summed E-state index contributed by atoms with van der Waals surface area (Å²) in [6.07, 6.45) is 1.01. The number of thiazole rings is 1. The Morgan fingerprint density at radius 1 is 1.05 bits per heavy atom. The quantitative estimate of drug-likeness (QED) is 0.341. The van der Waals surface area contributed by atoms with E-state index in [-0.39, 0.29) is 17.4 Å². The van der Waals surface area contributed by atoms with Crippen LogP contribution in [-0.4, -0.2) is 51.9 Å². The van der Waals surface area contributed by atoms with Crippen LogP contribution in [0.4, 0.5) is 4.79 Å². The van der Waals surface area contributed by atoms with E-state index in [0.29, 0.717) is 31.4 Å². The van der Waals surface area contributed by atoms with Crippen LogP contribution in [0.1, 0.15) is 82.9 Å². The molecule has 3 N–H and O–H groups in total. The number of alkyl carbamates (subject to hydrolysis) is 1. The van der Waals surface area contributed by atoms with Gasteiger partial charge < -0.3 is 15.0 Å². The maximum atomic E-state index is 13.8. The van der Waals surface area contributed by atoms with Gasteiger partial charge in [-0.2, -0.15) is 0 Å². The third kappa shape index (κ3) is 7.33. The first-order valence-corrected chi connectivity index (χ1v) is 14.7. The maximum absolute atomic E-state index is 13.8. The van der Waals surface area contributed by atoms with Crippen molar-refractivity contribution in [3.8, 4) is 0 Å². The first-order chi connectivity index (χ1) is 19.9. The van der Waals surface area contributed by atoms with Crippen molar-refractivity contribution in [2.75, 3.05) is 7.05 Å². The summed E-state index contributed by atoms with van der Waals surface area (Å²) in [6, 6.07) is 15.8. The molecule has 4 rings (SSSR count). The lowest BCUT2D eigenvalue weighted by Gasteiger charge is -2.36. The van der Waals surface area contributed by atoms with Crippen LogP contribution in [0, 0.1) is 6.92 Å². The molecule has 4 amide bonds. The van der Waals surface area contributed by atoms with Gasteiger partial charge in [0, 0.05) is 35.2 Å². The smallest absolute Gasteiger partial charge is 0.408 e. The van der Waals surface area contributed by atoms with Crippen LogP contribution in [0.3, 0.4) is 0 Å². The summed E-state index contributed by atoms with van der Waals surface area (Å²) in [4.78, 5) is 58.7. The Labute approximate surface area is 249 Å². The molecule has 2 atom stereocenters. The molecule has 0 radical (unpaired) electrons. The van der Waals surface area contributed by atoms with Crippen LogP contribution in [-0.2, 0) is 16.1 Å². The van der Waals surface area contributed by atoms with Gasteiger partial charge in [-0.05, 0) is 70.7 Å². The van der Waals surface area contributed by atoms with Crippen LogP contribution in [0.5, 0.6) is 0 Å². The standard InChI is InChI=1S/C31H37N5O5S/c1-20-19-42-25(32-20)18-36(5)27(38)23-14-9-13-22(17-23)26(37)34-35-28(39)31(33-29(40)41-30(2,3)4)16-10-15-24(31)21-11-7-6-8-12-21/h6-9,11-14,17,19,24H,10,15-16,18H2,1-5H3,(H,33,40)(H,34,37)(H,35,39)/t24-,31-/m1/s1. The molecule has 10 nitrogen and oxygen atoms in total. The fourth-order valence-corrected chi connectivity index (χ4v) is 5.99. The summed E-state index contributed by atoms with van der Waals surface area (Å²) in [6.45, 7) is 7.49. The van der Waals surface area contributed by atoms with Gasteiger partial charge in [-0.1, -0.05) is 36.4 Å². The second-order valence-corrected chi connectivity index (χ2v) is 12.4. The normalized spacial score (nSPS) is 18.2. The molecule has 0 bridgehead atoms. The van der Waals surface area contributed by atoms with E-state index >= 15 is 0 Å². The number of carbonyl (C=O) groups excluding carboxylic acids is 4. The molecular formula is C31H37N5O5S. The number of hydrogen-bond donors (Lipinski definition) is 3. The van der Waals surface area contributed by atoms with Crippen molar-refractivity contribution >= 4 is 35.2 Å². The molecule has 0 aliphatic heterocycles. The Morgan fingerprint density at radius 2 is 1.76 bits per heavy atom. The zero-order valence-corrected chi connectivity index (χ0v) is 25.3. The number of amides is 4. The molecule has 0 spiro atoms. The number of carbonyl (C=O) groups is 4. The van der Waals surface area contributed by atoms with Gasteiger partial charge in [0.25, 0.3) is 17.7 Å². The number of ether oxygens (including phenoxy) is 1. The summed E-state index contributed by atoms with van der Waals surface area (Å²) in [7, 11) is 1.67. The van der Waals surface area contributed by atoms with E-state index in [2.05, 4.69) is 21.2 Å². The highest BCUT2D eigenvalue weighted by molar-refractivity contribution is 7.09. The van der Waals surface area contributed by atoms with Gasteiger partial charge in [0.2, 0.25) is 0 Å². The van der Waals surface area contributed by atoms with E-state index in [9.17, 15) is 19.2 Å². The number of benzene rings is 2. The molecule has 42 heavy (non-hydrogen) atoms. The van der Waals surface area contributed by atoms with Crippen molar-refractivity contribution in [2.24, 2.45) is 0 Å². The van der Waals surface area contributed by atoms with Crippen molar-refractivity contribution in [3.63, 3.8) is 0 Å². The molecule has 0 saturated heterocycles. The minimum absolute atomic E-state index is 0.194. The fourth-order valence-electron chi connectivity index (χ4n) is 5.17. The second-order valence-electron chi connectivity index (χ2n) is 11.5. The number of rotatable bonds is 7. The van der Waals surface area contributed by atoms with Crippen LogP contribution < -0.4 is 16.2 Å². The first-order valence-electron chi connectivity index (χ1n) is 13.8. The molecule has 0 unspecified atom stereocenters. The predicted molar refractivity (Wildman–Crippen MR) is 160 cm³/mol. The molecule has 222 valence electrons. The summed E-state index contributed by atoms with van der Waals surface area (Å²) in [5.74, 6) is -1.75. The van der Waals surface area contributed by atoms with Crippen molar-refractivity contribution in [1.29, 1.82) is 0 Å². The number of aromatic nitrogens is 1. The highest BCUT2D eigenvalue weighted by Gasteiger charge is 2.51. The third-order valence-electron chi connectivity index (χ3n) is 7.04. The molecule has 1 aliphatic carbocycles. The maximum Gasteiger partial charge on any atom is 0.408 e. The van der Waals surface area contributed by atoms with Crippen LogP contribution in [0.15, 0.2) is 60.0 Å². The second kappa shape index (κ2) is 12.7. The highest BCUT2D eigenvalue weighted by Crippen LogP contribution is 2.43. The van der Waals surface area contributed by atoms with E-state index in [0.717, 1.165) is 16.3 Å². The molecular weight excluding hydrogens is 554 g/mol. The van der Waals surface area contributed by atoms with Crippen LogP contribution in [0.25, 0.3) is 0 Å². The zero-order valence-electron chi connectivity index (χ0n) is 24.5. The van der Waals surface area contributed by atoms with Crippen LogP contribution >= 0.6 is 11.3 Å². The van der Waals surface area contributed by atoms with E-state index in [1.807, 2.05) is 42.6 Å². The molecule has 1 aromatic heterocycles. The van der Waals surface area contributed by atoms with E-state index in [1.165, 1.54) is 22.3 Å². The molecule has 1 fully saturated rings. The molecule has 3 aromatic rings. The minimum Gasteiger partial charge on any atom is -0.444 e. The number of aryl methyl sites for hydroxylation is 1. The Hall–Kier alpha value is -4.25. The lowest BCUT2D eigenvalue weighted by atomic mass is 9.81. The number of nitrogens with zero attached hydrogens (tertiary/aromatic N) is 2. The van der Waals surface area contributed by atoms with Gasteiger partial charge in [-0.15, -0.1) is 11.3 Å². The van der Waals surface area contributed by atoms with Crippen molar-refractivity contribution < 1.29 is 23.9 Å². The summed E-state index contributed by atoms with van der Waals surface area (Å²) >= 11 is 1.48. The van der Waals surface area contributed by atoms with Gasteiger partial charge in [-0.25, -0.2) is 9.78 Å². The van der Waals surface area contributed by atoms with Gasteiger partial charge in [0.1, 0.15) is 16.1 Å². The Balaban J connectivity index is 1.48. The predicted octanol–water partition coefficient (Wildman–Crippen LogP) is 4.72. The van der Waals surface area contributed by atoms with Crippen LogP contribution in [0.2, 0.25) is 0 Å². The largest absolute Gasteiger partial charge is 0.444 e. The Kier molecular flexibility index (Phi) is 9.30. The summed E-state index contributed by atoms with van der Waals surface area (Å²) in [5, 5.41) is 5.58. The van der Waals surface area contributed by atoms with Gasteiger partial charge >= 0.3 is 6.09 Å². The third-order valence-corrected chi connectivity index (χ3v) is 7.99. The van der Waals surface area contributed by atoms with Crippen molar-refractivity contribution in [1.82, 2.24) is 26.1 Å². The van der Waals surface area contributed by atoms with Gasteiger partial charge in [0.05, 0.1) is 6.54 Å². The van der Waals surface area contributed by atoms with Crippen molar-refractivity contribution in [2.45, 2.75) is 70.6 Å². The average Bonchev–Trinajstić information content (AvgIpc) is 3.56. The highest BCUT2D eigenvalue weighted by atomic mass is 32.1. The topological polar surface area (TPSA) is 130 Å². The van der Waals surface area contributed by atoms with Crippen molar-refractivity contribution in [3.05, 3.63) is 87.4 Å². The first kappa shape index (κ1) is 30.7. The van der Waals surface area contributed by atoms with Gasteiger partial charge in [0.15, 0.2) is 0 Å². The van der Waals surface area contributed by atoms with Gasteiger partial charge in [-0.3, -0.25) is 25.2 Å². The van der Waals surface area contributed by atoms with E-state index in [1.54, 1.807) is 46.0 Å². The monoisotopic (exact) mass is 591 g/mol. The molecule has 11 heteroatoms. The van der Waals surface area contributed by atoms with E-state index < -0.39 is 29.0 Å². The summed E-state index contributed by atoms with van der Waals surface area (Å²) in [5.41, 5.74) is 5.21. The van der Waals surface area contributed by atoms with E-state index in [4.69, 9.17) is 4.74 Å². The molecule has 2 aromatic carbocycles. The minimum atomic E-state index is -1.34. The zero-order chi connectivity index (χ0) is 30.5.